The molecule has 21 heavy (non-hydrogen) atoms. The van der Waals surface area contributed by atoms with E-state index in [-0.39, 0.29) is 5.78 Å². The van der Waals surface area contributed by atoms with E-state index < -0.39 is 0 Å². The van der Waals surface area contributed by atoms with Crippen LogP contribution in [0.15, 0.2) is 36.7 Å². The molecule has 4 rings (SSSR count). The Morgan fingerprint density at radius 2 is 2.00 bits per heavy atom. The minimum Gasteiger partial charge on any atom is -0.480 e. The number of rotatable bonds is 1. The first-order chi connectivity index (χ1) is 10.2. The van der Waals surface area contributed by atoms with E-state index in [4.69, 9.17) is 16.3 Å². The van der Waals surface area contributed by atoms with Gasteiger partial charge in [-0.25, -0.2) is 4.98 Å². The van der Waals surface area contributed by atoms with Gasteiger partial charge in [0.1, 0.15) is 0 Å². The van der Waals surface area contributed by atoms with E-state index in [0.29, 0.717) is 27.5 Å². The van der Waals surface area contributed by atoms with E-state index in [1.807, 2.05) is 6.07 Å². The van der Waals surface area contributed by atoms with E-state index >= 15 is 0 Å². The molecule has 0 saturated heterocycles. The van der Waals surface area contributed by atoms with Crippen molar-refractivity contribution in [2.45, 2.75) is 0 Å². The van der Waals surface area contributed by atoms with Crippen molar-refractivity contribution in [1.82, 2.24) is 9.97 Å². The van der Waals surface area contributed by atoms with Crippen LogP contribution in [0.3, 0.4) is 0 Å². The summed E-state index contributed by atoms with van der Waals surface area (Å²) >= 11 is 6.03. The summed E-state index contributed by atoms with van der Waals surface area (Å²) in [5.74, 6) is 0.240. The molecule has 0 bridgehead atoms. The Kier molecular flexibility index (Phi) is 2.50. The van der Waals surface area contributed by atoms with Gasteiger partial charge in [-0.1, -0.05) is 17.7 Å². The van der Waals surface area contributed by atoms with Crippen molar-refractivity contribution in [2.75, 3.05) is 7.11 Å². The van der Waals surface area contributed by atoms with Gasteiger partial charge in [0, 0.05) is 39.5 Å². The second-order valence-corrected chi connectivity index (χ2v) is 5.22. The summed E-state index contributed by atoms with van der Waals surface area (Å²) < 4.78 is 5.31. The molecule has 0 spiro atoms. The topological polar surface area (TPSA) is 52.1 Å². The lowest BCUT2D eigenvalue weighted by Gasteiger charge is -2.09. The number of ketones is 1. The molecule has 0 aliphatic heterocycles. The highest BCUT2D eigenvalue weighted by Gasteiger charge is 2.32. The lowest BCUT2D eigenvalue weighted by Crippen LogP contribution is -2.01. The summed E-state index contributed by atoms with van der Waals surface area (Å²) in [5.41, 5.74) is 3.45. The van der Waals surface area contributed by atoms with Gasteiger partial charge in [-0.3, -0.25) is 9.78 Å². The molecule has 0 atom stereocenters. The van der Waals surface area contributed by atoms with Crippen LogP contribution in [0.2, 0.25) is 5.02 Å². The number of aromatic nitrogens is 2. The number of carbonyl (C=O) groups excluding carboxylic acids is 1. The van der Waals surface area contributed by atoms with E-state index in [1.54, 1.807) is 30.6 Å². The Labute approximate surface area is 125 Å². The number of fused-ring (bicyclic) bond motifs is 5. The Morgan fingerprint density at radius 3 is 2.81 bits per heavy atom. The summed E-state index contributed by atoms with van der Waals surface area (Å²) in [6.45, 7) is 0. The highest BCUT2D eigenvalue weighted by molar-refractivity contribution is 6.32. The number of nitrogens with zero attached hydrogens (tertiary/aromatic N) is 2. The van der Waals surface area contributed by atoms with Crippen LogP contribution >= 0.6 is 11.6 Å². The van der Waals surface area contributed by atoms with Crippen LogP contribution in [0.25, 0.3) is 22.0 Å². The molecule has 0 unspecified atom stereocenters. The van der Waals surface area contributed by atoms with Gasteiger partial charge in [-0.15, -0.1) is 0 Å². The third-order valence-corrected chi connectivity index (χ3v) is 3.91. The molecule has 1 aliphatic carbocycles. The van der Waals surface area contributed by atoms with E-state index in [9.17, 15) is 4.79 Å². The first kappa shape index (κ1) is 12.3. The summed E-state index contributed by atoms with van der Waals surface area (Å²) in [4.78, 5) is 21.1. The number of hydrogen-bond acceptors (Lipinski definition) is 4. The molecule has 0 amide bonds. The van der Waals surface area contributed by atoms with Gasteiger partial charge >= 0.3 is 0 Å². The van der Waals surface area contributed by atoms with Crippen molar-refractivity contribution in [3.05, 3.63) is 52.8 Å². The van der Waals surface area contributed by atoms with Crippen LogP contribution in [-0.4, -0.2) is 22.9 Å². The Hall–Kier alpha value is -2.46. The van der Waals surface area contributed by atoms with Gasteiger partial charge in [0.25, 0.3) is 0 Å². The zero-order valence-corrected chi connectivity index (χ0v) is 11.8. The molecule has 4 nitrogen and oxygen atoms in total. The number of carbonyl (C=O) groups is 1. The van der Waals surface area contributed by atoms with Gasteiger partial charge in [0.05, 0.1) is 18.2 Å². The van der Waals surface area contributed by atoms with E-state index in [0.717, 1.165) is 16.5 Å². The first-order valence-corrected chi connectivity index (χ1v) is 6.75. The molecule has 5 heteroatoms. The summed E-state index contributed by atoms with van der Waals surface area (Å²) in [6.07, 6.45) is 3.31. The maximum absolute atomic E-state index is 12.6. The molecule has 1 aromatic carbocycles. The Bertz CT molecular complexity index is 922. The number of pyridine rings is 2. The Balaban J connectivity index is 2.21. The molecule has 0 fully saturated rings. The van der Waals surface area contributed by atoms with Gasteiger partial charge in [0.15, 0.2) is 5.78 Å². The van der Waals surface area contributed by atoms with Crippen molar-refractivity contribution in [3.63, 3.8) is 0 Å². The smallest absolute Gasteiger partial charge is 0.225 e. The van der Waals surface area contributed by atoms with Gasteiger partial charge in [-0.05, 0) is 18.2 Å². The molecule has 3 aromatic rings. The molecule has 0 radical (unpaired) electrons. The molecular weight excluding hydrogens is 288 g/mol. The van der Waals surface area contributed by atoms with Crippen LogP contribution < -0.4 is 4.74 Å². The maximum Gasteiger partial charge on any atom is 0.225 e. The quantitative estimate of drug-likeness (QED) is 0.539. The minimum absolute atomic E-state index is 0.0800. The fourth-order valence-electron chi connectivity index (χ4n) is 2.78. The normalized spacial score (nSPS) is 12.4. The van der Waals surface area contributed by atoms with Crippen molar-refractivity contribution < 1.29 is 9.53 Å². The largest absolute Gasteiger partial charge is 0.480 e. The van der Waals surface area contributed by atoms with E-state index in [1.165, 1.54) is 7.11 Å². The second kappa shape index (κ2) is 4.27. The third kappa shape index (κ3) is 1.59. The highest BCUT2D eigenvalue weighted by Crippen LogP contribution is 2.44. The number of ether oxygens (including phenoxy) is 1. The first-order valence-electron chi connectivity index (χ1n) is 6.37. The lowest BCUT2D eigenvalue weighted by molar-refractivity contribution is 0.104. The predicted octanol–water partition coefficient (Wildman–Crippen LogP) is 3.50. The van der Waals surface area contributed by atoms with Gasteiger partial charge in [0.2, 0.25) is 5.88 Å². The number of halogens is 1. The van der Waals surface area contributed by atoms with E-state index in [2.05, 4.69) is 9.97 Å². The SMILES string of the molecule is COc1nc2cc(Cl)ccc2c2c1C(=O)c1ccncc1-2. The second-order valence-electron chi connectivity index (χ2n) is 4.78. The fourth-order valence-corrected chi connectivity index (χ4v) is 2.95. The average Bonchev–Trinajstić information content (AvgIpc) is 2.80. The van der Waals surface area contributed by atoms with Crippen LogP contribution in [-0.2, 0) is 0 Å². The number of benzene rings is 1. The van der Waals surface area contributed by atoms with Crippen molar-refractivity contribution in [3.8, 4) is 17.0 Å². The van der Waals surface area contributed by atoms with Crippen LogP contribution in [0, 0.1) is 0 Å². The van der Waals surface area contributed by atoms with Gasteiger partial charge < -0.3 is 4.74 Å². The third-order valence-electron chi connectivity index (χ3n) is 3.67. The molecule has 2 aromatic heterocycles. The van der Waals surface area contributed by atoms with Crippen LogP contribution in [0.4, 0.5) is 0 Å². The summed E-state index contributed by atoms with van der Waals surface area (Å²) in [6, 6.07) is 7.15. The Morgan fingerprint density at radius 1 is 1.14 bits per heavy atom. The molecule has 2 heterocycles. The lowest BCUT2D eigenvalue weighted by atomic mass is 10.0. The molecule has 0 saturated carbocycles. The molecular formula is C16H9ClN2O2. The molecule has 102 valence electrons. The average molecular weight is 297 g/mol. The van der Waals surface area contributed by atoms with Crippen LogP contribution in [0.5, 0.6) is 5.88 Å². The monoisotopic (exact) mass is 296 g/mol. The summed E-state index contributed by atoms with van der Waals surface area (Å²) in [7, 11) is 1.51. The van der Waals surface area contributed by atoms with Gasteiger partial charge in [-0.2, -0.15) is 0 Å². The van der Waals surface area contributed by atoms with Crippen molar-refractivity contribution in [2.24, 2.45) is 0 Å². The van der Waals surface area contributed by atoms with Crippen LogP contribution in [0.1, 0.15) is 15.9 Å². The molecule has 0 N–H and O–H groups in total. The standard InChI is InChI=1S/C16H9ClN2O2/c1-21-16-14-13(10-3-2-8(17)6-12(10)19-16)11-7-18-5-4-9(11)15(14)20/h2-7H,1H3. The minimum atomic E-state index is -0.0800. The molecule has 1 aliphatic rings. The maximum atomic E-state index is 12.6. The summed E-state index contributed by atoms with van der Waals surface area (Å²) in [5, 5.41) is 1.46. The predicted molar refractivity (Wildman–Crippen MR) is 80.0 cm³/mol. The zero-order chi connectivity index (χ0) is 14.6. The number of hydrogen-bond donors (Lipinski definition) is 0. The number of methoxy groups -OCH3 is 1. The van der Waals surface area contributed by atoms with Crippen molar-refractivity contribution >= 4 is 28.3 Å². The van der Waals surface area contributed by atoms with Crippen molar-refractivity contribution in [1.29, 1.82) is 0 Å². The highest BCUT2D eigenvalue weighted by atomic mass is 35.5. The zero-order valence-electron chi connectivity index (χ0n) is 11.1. The fraction of sp³-hybridized carbons (Fsp3) is 0.0625.